The maximum absolute atomic E-state index is 12.8. The van der Waals surface area contributed by atoms with Crippen LogP contribution in [-0.2, 0) is 9.53 Å². The smallest absolute Gasteiger partial charge is 0.245 e. The van der Waals surface area contributed by atoms with E-state index in [4.69, 9.17) is 10.5 Å². The maximum atomic E-state index is 12.8. The molecule has 21 heavy (non-hydrogen) atoms. The summed E-state index contributed by atoms with van der Waals surface area (Å²) in [5.41, 5.74) is 6.68. The molecule has 1 aromatic carbocycles. The van der Waals surface area contributed by atoms with Crippen molar-refractivity contribution in [1.29, 1.82) is 0 Å². The van der Waals surface area contributed by atoms with Crippen molar-refractivity contribution < 1.29 is 14.6 Å². The Hall–Kier alpha value is -1.59. The van der Waals surface area contributed by atoms with E-state index in [-0.39, 0.29) is 29.1 Å². The SMILES string of the molecule is Cc1cc(O)ccc1NC(=O)C1(N)C2CCOC2C1(C)C. The Morgan fingerprint density at radius 2 is 2.19 bits per heavy atom. The number of fused-ring (bicyclic) bond motifs is 1. The molecule has 0 bridgehead atoms. The van der Waals surface area contributed by atoms with Gasteiger partial charge in [0.1, 0.15) is 11.3 Å². The number of phenolic OH excluding ortho intramolecular Hbond substituents is 1. The summed E-state index contributed by atoms with van der Waals surface area (Å²) >= 11 is 0. The van der Waals surface area contributed by atoms with Crippen LogP contribution in [0.1, 0.15) is 25.8 Å². The van der Waals surface area contributed by atoms with Gasteiger partial charge < -0.3 is 20.9 Å². The van der Waals surface area contributed by atoms with E-state index in [1.54, 1.807) is 18.2 Å². The van der Waals surface area contributed by atoms with Gasteiger partial charge in [-0.05, 0) is 37.1 Å². The summed E-state index contributed by atoms with van der Waals surface area (Å²) in [5, 5.41) is 12.4. The molecular weight excluding hydrogens is 268 g/mol. The third-order valence-corrected chi connectivity index (χ3v) is 5.29. The van der Waals surface area contributed by atoms with Gasteiger partial charge in [-0.15, -0.1) is 0 Å². The minimum atomic E-state index is -0.918. The molecule has 5 nitrogen and oxygen atoms in total. The lowest BCUT2D eigenvalue weighted by atomic mass is 9.48. The molecule has 2 fully saturated rings. The van der Waals surface area contributed by atoms with Crippen molar-refractivity contribution >= 4 is 11.6 Å². The van der Waals surface area contributed by atoms with Gasteiger partial charge in [-0.2, -0.15) is 0 Å². The molecule has 3 unspecified atom stereocenters. The van der Waals surface area contributed by atoms with Gasteiger partial charge in [-0.25, -0.2) is 0 Å². The summed E-state index contributed by atoms with van der Waals surface area (Å²) in [4.78, 5) is 12.8. The molecule has 0 radical (unpaired) electrons. The Kier molecular flexibility index (Phi) is 3.04. The average Bonchev–Trinajstić information content (AvgIpc) is 2.89. The largest absolute Gasteiger partial charge is 0.508 e. The number of carbonyl (C=O) groups is 1. The van der Waals surface area contributed by atoms with E-state index in [9.17, 15) is 9.90 Å². The van der Waals surface area contributed by atoms with Crippen LogP contribution >= 0.6 is 0 Å². The fraction of sp³-hybridized carbons (Fsp3) is 0.562. The van der Waals surface area contributed by atoms with Crippen LogP contribution in [0.2, 0.25) is 0 Å². The molecule has 1 aliphatic carbocycles. The first-order valence-electron chi connectivity index (χ1n) is 7.30. The molecule has 5 heteroatoms. The number of rotatable bonds is 2. The molecule has 2 aliphatic rings. The molecule has 1 aromatic rings. The van der Waals surface area contributed by atoms with Crippen LogP contribution in [0.25, 0.3) is 0 Å². The predicted molar refractivity (Wildman–Crippen MR) is 80.0 cm³/mol. The first-order chi connectivity index (χ1) is 9.78. The summed E-state index contributed by atoms with van der Waals surface area (Å²) in [6.45, 7) is 6.49. The van der Waals surface area contributed by atoms with Crippen molar-refractivity contribution in [3.05, 3.63) is 23.8 Å². The summed E-state index contributed by atoms with van der Waals surface area (Å²) in [5.74, 6) is 0.0825. The molecule has 1 saturated carbocycles. The van der Waals surface area contributed by atoms with E-state index in [1.165, 1.54) is 0 Å². The molecule has 4 N–H and O–H groups in total. The van der Waals surface area contributed by atoms with E-state index in [1.807, 2.05) is 20.8 Å². The first kappa shape index (κ1) is 14.4. The Morgan fingerprint density at radius 1 is 1.48 bits per heavy atom. The van der Waals surface area contributed by atoms with Crippen LogP contribution in [0.15, 0.2) is 18.2 Å². The third-order valence-electron chi connectivity index (χ3n) is 5.29. The summed E-state index contributed by atoms with van der Waals surface area (Å²) < 4.78 is 5.71. The third kappa shape index (κ3) is 1.80. The number of carbonyl (C=O) groups excluding carboxylic acids is 1. The van der Waals surface area contributed by atoms with Crippen molar-refractivity contribution in [3.63, 3.8) is 0 Å². The normalized spacial score (nSPS) is 33.1. The van der Waals surface area contributed by atoms with Crippen molar-refractivity contribution in [2.45, 2.75) is 38.8 Å². The van der Waals surface area contributed by atoms with Gasteiger partial charge in [0.25, 0.3) is 0 Å². The number of phenols is 1. The summed E-state index contributed by atoms with van der Waals surface area (Å²) in [6, 6.07) is 4.87. The molecule has 1 amide bonds. The number of aromatic hydroxyl groups is 1. The Bertz CT molecular complexity index is 599. The fourth-order valence-electron chi connectivity index (χ4n) is 3.86. The average molecular weight is 290 g/mol. The van der Waals surface area contributed by atoms with E-state index in [2.05, 4.69) is 5.32 Å². The van der Waals surface area contributed by atoms with Gasteiger partial charge in [0.05, 0.1) is 6.10 Å². The molecule has 0 aromatic heterocycles. The van der Waals surface area contributed by atoms with Gasteiger partial charge in [0.15, 0.2) is 0 Å². The lowest BCUT2D eigenvalue weighted by Gasteiger charge is -2.60. The summed E-state index contributed by atoms with van der Waals surface area (Å²) in [6.07, 6.45) is 0.890. The highest BCUT2D eigenvalue weighted by Crippen LogP contribution is 2.58. The van der Waals surface area contributed by atoms with Gasteiger partial charge in [-0.3, -0.25) is 4.79 Å². The van der Waals surface area contributed by atoms with Crippen molar-refractivity contribution in [3.8, 4) is 5.75 Å². The zero-order chi connectivity index (χ0) is 15.4. The zero-order valence-electron chi connectivity index (χ0n) is 12.6. The number of nitrogens with one attached hydrogen (secondary N) is 1. The quantitative estimate of drug-likeness (QED) is 0.725. The van der Waals surface area contributed by atoms with Crippen LogP contribution < -0.4 is 11.1 Å². The fourth-order valence-corrected chi connectivity index (χ4v) is 3.86. The van der Waals surface area contributed by atoms with Gasteiger partial charge in [0, 0.05) is 23.6 Å². The second-order valence-corrected chi connectivity index (χ2v) is 6.73. The molecular formula is C16H22N2O3. The highest BCUT2D eigenvalue weighted by Gasteiger charge is 2.71. The standard InChI is InChI=1S/C16H22N2O3/c1-9-8-10(19)4-5-12(9)18-14(20)16(17)11-6-7-21-13(11)15(16,2)3/h4-5,8,11,13,19H,6-7,17H2,1-3H3,(H,18,20). The number of ether oxygens (including phenoxy) is 1. The van der Waals surface area contributed by atoms with Crippen LogP contribution in [-0.4, -0.2) is 29.3 Å². The number of aryl methyl sites for hydroxylation is 1. The van der Waals surface area contributed by atoms with Crippen LogP contribution in [0.5, 0.6) is 5.75 Å². The van der Waals surface area contributed by atoms with Crippen molar-refractivity contribution in [1.82, 2.24) is 0 Å². The molecule has 1 aliphatic heterocycles. The van der Waals surface area contributed by atoms with Crippen LogP contribution in [0, 0.1) is 18.3 Å². The minimum Gasteiger partial charge on any atom is -0.508 e. The number of hydrogen-bond donors (Lipinski definition) is 3. The highest BCUT2D eigenvalue weighted by molar-refractivity contribution is 6.00. The predicted octanol–water partition coefficient (Wildman–Crippen LogP) is 1.78. The molecule has 114 valence electrons. The zero-order valence-corrected chi connectivity index (χ0v) is 12.6. The van der Waals surface area contributed by atoms with Gasteiger partial charge >= 0.3 is 0 Å². The molecule has 3 atom stereocenters. The monoisotopic (exact) mass is 290 g/mol. The van der Waals surface area contributed by atoms with E-state index in [0.29, 0.717) is 12.3 Å². The second-order valence-electron chi connectivity index (χ2n) is 6.73. The lowest BCUT2D eigenvalue weighted by molar-refractivity contribution is -0.170. The van der Waals surface area contributed by atoms with E-state index >= 15 is 0 Å². The van der Waals surface area contributed by atoms with Gasteiger partial charge in [0.2, 0.25) is 5.91 Å². The van der Waals surface area contributed by atoms with Crippen molar-refractivity contribution in [2.24, 2.45) is 17.1 Å². The Morgan fingerprint density at radius 3 is 2.86 bits per heavy atom. The molecule has 0 spiro atoms. The molecule has 1 saturated heterocycles. The van der Waals surface area contributed by atoms with Crippen LogP contribution in [0.3, 0.4) is 0 Å². The highest BCUT2D eigenvalue weighted by atomic mass is 16.5. The summed E-state index contributed by atoms with van der Waals surface area (Å²) in [7, 11) is 0. The number of hydrogen-bond acceptors (Lipinski definition) is 4. The number of amides is 1. The molecule has 3 rings (SSSR count). The first-order valence-corrected chi connectivity index (χ1v) is 7.30. The van der Waals surface area contributed by atoms with Crippen LogP contribution in [0.4, 0.5) is 5.69 Å². The van der Waals surface area contributed by atoms with E-state index in [0.717, 1.165) is 12.0 Å². The number of anilines is 1. The number of nitrogens with two attached hydrogens (primary N) is 1. The molecule has 1 heterocycles. The lowest BCUT2D eigenvalue weighted by Crippen LogP contribution is -2.79. The van der Waals surface area contributed by atoms with E-state index < -0.39 is 5.54 Å². The Balaban J connectivity index is 1.85. The maximum Gasteiger partial charge on any atom is 0.245 e. The Labute approximate surface area is 124 Å². The van der Waals surface area contributed by atoms with Crippen molar-refractivity contribution in [2.75, 3.05) is 11.9 Å². The topological polar surface area (TPSA) is 84.6 Å². The number of benzene rings is 1. The second kappa shape index (κ2) is 4.45. The van der Waals surface area contributed by atoms with Gasteiger partial charge in [-0.1, -0.05) is 13.8 Å². The minimum absolute atomic E-state index is 0.0640.